The number of amidine groups is 2. The van der Waals surface area contributed by atoms with Crippen molar-refractivity contribution in [2.75, 3.05) is 0 Å². The minimum Gasteiger partial charge on any atom is -0.324 e. The van der Waals surface area contributed by atoms with Crippen LogP contribution in [0.5, 0.6) is 0 Å². The summed E-state index contributed by atoms with van der Waals surface area (Å²) in [6, 6.07) is 0. The molecule has 0 amide bonds. The van der Waals surface area contributed by atoms with Gasteiger partial charge >= 0.3 is 0 Å². The molecule has 0 saturated carbocycles. The molecule has 0 saturated heterocycles. The fourth-order valence-corrected chi connectivity index (χ4v) is 1.28. The fraction of sp³-hybridized carbons (Fsp3) is 0.600. The molecule has 0 bridgehead atoms. The topological polar surface area (TPSA) is 36.8 Å². The van der Waals surface area contributed by atoms with Gasteiger partial charge in [0.25, 0.3) is 0 Å². The van der Waals surface area contributed by atoms with Gasteiger partial charge < -0.3 is 5.32 Å². The van der Waals surface area contributed by atoms with Crippen LogP contribution in [0.3, 0.4) is 0 Å². The lowest BCUT2D eigenvalue weighted by Gasteiger charge is -2.22. The van der Waals surface area contributed by atoms with Crippen molar-refractivity contribution in [3.8, 4) is 0 Å². The van der Waals surface area contributed by atoms with Crippen molar-refractivity contribution < 1.29 is 0 Å². The van der Waals surface area contributed by atoms with E-state index in [1.165, 1.54) is 0 Å². The van der Waals surface area contributed by atoms with Crippen molar-refractivity contribution in [1.29, 1.82) is 0 Å². The Morgan fingerprint density at radius 2 is 2.20 bits per heavy atom. The molecule has 1 rings (SSSR count). The SMILES string of the molecule is CC1=NC(C)(Cl)NC(Cl)=N1. The first-order valence-corrected chi connectivity index (χ1v) is 3.53. The maximum absolute atomic E-state index is 5.80. The van der Waals surface area contributed by atoms with Crippen molar-refractivity contribution in [2.45, 2.75) is 19.0 Å². The molecular formula is C5H7Cl2N3. The molecule has 1 aliphatic rings. The molecule has 1 aliphatic heterocycles. The Morgan fingerprint density at radius 3 is 2.60 bits per heavy atom. The molecule has 0 radical (unpaired) electrons. The summed E-state index contributed by atoms with van der Waals surface area (Å²) < 4.78 is 0. The zero-order chi connectivity index (χ0) is 7.78. The van der Waals surface area contributed by atoms with Gasteiger partial charge in [0.1, 0.15) is 5.84 Å². The summed E-state index contributed by atoms with van der Waals surface area (Å²) in [6.07, 6.45) is 0. The van der Waals surface area contributed by atoms with Crippen LogP contribution in [-0.4, -0.2) is 16.3 Å². The number of alkyl halides is 1. The quantitative estimate of drug-likeness (QED) is 0.445. The van der Waals surface area contributed by atoms with Gasteiger partial charge in [-0.05, 0) is 25.4 Å². The van der Waals surface area contributed by atoms with E-state index in [0.29, 0.717) is 5.84 Å². The Labute approximate surface area is 69.1 Å². The number of aliphatic imine (C=N–C) groups is 2. The van der Waals surface area contributed by atoms with E-state index in [2.05, 4.69) is 15.3 Å². The highest BCUT2D eigenvalue weighted by Gasteiger charge is 2.23. The molecule has 1 heterocycles. The molecule has 0 aromatic rings. The number of nitrogens with zero attached hydrogens (tertiary/aromatic N) is 2. The summed E-state index contributed by atoms with van der Waals surface area (Å²) in [5.74, 6) is 0.584. The maximum atomic E-state index is 5.80. The first kappa shape index (κ1) is 7.82. The van der Waals surface area contributed by atoms with Gasteiger partial charge in [-0.2, -0.15) is 0 Å². The van der Waals surface area contributed by atoms with Gasteiger partial charge in [0, 0.05) is 0 Å². The molecular weight excluding hydrogens is 173 g/mol. The van der Waals surface area contributed by atoms with E-state index in [9.17, 15) is 0 Å². The number of nitrogens with one attached hydrogen (secondary N) is 1. The van der Waals surface area contributed by atoms with Gasteiger partial charge in [-0.3, -0.25) is 0 Å². The molecule has 3 nitrogen and oxygen atoms in total. The number of hydrogen-bond donors (Lipinski definition) is 1. The van der Waals surface area contributed by atoms with Crippen LogP contribution in [0.4, 0.5) is 0 Å². The number of rotatable bonds is 0. The summed E-state index contributed by atoms with van der Waals surface area (Å²) >= 11 is 11.4. The minimum absolute atomic E-state index is 0.282. The van der Waals surface area contributed by atoms with E-state index in [-0.39, 0.29) is 5.29 Å². The molecule has 0 fully saturated rings. The highest BCUT2D eigenvalue weighted by molar-refractivity contribution is 6.66. The van der Waals surface area contributed by atoms with Gasteiger partial charge in [-0.15, -0.1) is 0 Å². The Bertz CT molecular complexity index is 207. The Hall–Kier alpha value is -0.280. The third-order valence-electron chi connectivity index (χ3n) is 0.963. The first-order valence-electron chi connectivity index (χ1n) is 2.77. The van der Waals surface area contributed by atoms with Crippen molar-refractivity contribution in [2.24, 2.45) is 9.98 Å². The second-order valence-corrected chi connectivity index (χ2v) is 3.23. The average molecular weight is 180 g/mol. The molecule has 1 unspecified atom stereocenters. The monoisotopic (exact) mass is 179 g/mol. The van der Waals surface area contributed by atoms with Crippen LogP contribution >= 0.6 is 23.2 Å². The Kier molecular flexibility index (Phi) is 1.88. The van der Waals surface area contributed by atoms with E-state index in [4.69, 9.17) is 23.2 Å². The smallest absolute Gasteiger partial charge is 0.206 e. The molecule has 1 atom stereocenters. The number of halogens is 2. The highest BCUT2D eigenvalue weighted by atomic mass is 35.5. The van der Waals surface area contributed by atoms with Crippen LogP contribution in [0, 0.1) is 0 Å². The van der Waals surface area contributed by atoms with Crippen LogP contribution in [-0.2, 0) is 0 Å². The molecule has 10 heavy (non-hydrogen) atoms. The zero-order valence-corrected chi connectivity index (χ0v) is 7.16. The highest BCUT2D eigenvalue weighted by Crippen LogP contribution is 2.16. The summed E-state index contributed by atoms with van der Waals surface area (Å²) in [5, 5.41) is 2.13. The van der Waals surface area contributed by atoms with E-state index in [1.807, 2.05) is 0 Å². The summed E-state index contributed by atoms with van der Waals surface area (Å²) in [6.45, 7) is 3.44. The first-order chi connectivity index (χ1) is 4.49. The predicted octanol–water partition coefficient (Wildman–Crippen LogP) is 1.52. The van der Waals surface area contributed by atoms with E-state index >= 15 is 0 Å². The van der Waals surface area contributed by atoms with Crippen LogP contribution in [0.25, 0.3) is 0 Å². The predicted molar refractivity (Wildman–Crippen MR) is 43.8 cm³/mol. The molecule has 0 aliphatic carbocycles. The van der Waals surface area contributed by atoms with Crippen molar-refractivity contribution in [1.82, 2.24) is 5.32 Å². The molecule has 0 aromatic heterocycles. The number of hydrogen-bond acceptors (Lipinski definition) is 3. The van der Waals surface area contributed by atoms with Crippen molar-refractivity contribution in [3.63, 3.8) is 0 Å². The van der Waals surface area contributed by atoms with Crippen LogP contribution < -0.4 is 5.32 Å². The van der Waals surface area contributed by atoms with Gasteiger partial charge in [0.2, 0.25) is 5.12 Å². The van der Waals surface area contributed by atoms with Crippen molar-refractivity contribution >= 4 is 34.3 Å². The zero-order valence-electron chi connectivity index (χ0n) is 5.65. The van der Waals surface area contributed by atoms with Crippen LogP contribution in [0.1, 0.15) is 13.8 Å². The Balaban J connectivity index is 2.88. The van der Waals surface area contributed by atoms with E-state index in [0.717, 1.165) is 0 Å². The second kappa shape index (κ2) is 2.40. The summed E-state index contributed by atoms with van der Waals surface area (Å²) in [4.78, 5) is 7.78. The third-order valence-corrected chi connectivity index (χ3v) is 1.32. The lowest BCUT2D eigenvalue weighted by Crippen LogP contribution is -2.40. The molecule has 1 N–H and O–H groups in total. The van der Waals surface area contributed by atoms with Gasteiger partial charge in [-0.1, -0.05) is 11.6 Å². The van der Waals surface area contributed by atoms with Gasteiger partial charge in [-0.25, -0.2) is 9.98 Å². The lowest BCUT2D eigenvalue weighted by molar-refractivity contribution is 0.618. The second-order valence-electron chi connectivity index (χ2n) is 2.14. The fourth-order valence-electron chi connectivity index (χ4n) is 0.715. The van der Waals surface area contributed by atoms with E-state index < -0.39 is 5.12 Å². The molecule has 0 spiro atoms. The Morgan fingerprint density at radius 1 is 1.60 bits per heavy atom. The minimum atomic E-state index is -0.830. The van der Waals surface area contributed by atoms with E-state index in [1.54, 1.807) is 13.8 Å². The molecule has 56 valence electrons. The summed E-state index contributed by atoms with van der Waals surface area (Å²) in [5.41, 5.74) is 0. The third kappa shape index (κ3) is 1.85. The average Bonchev–Trinajstić information content (AvgIpc) is 1.54. The normalized spacial score (nSPS) is 32.4. The van der Waals surface area contributed by atoms with Crippen LogP contribution in [0.15, 0.2) is 9.98 Å². The van der Waals surface area contributed by atoms with Gasteiger partial charge in [0.05, 0.1) is 0 Å². The van der Waals surface area contributed by atoms with Crippen molar-refractivity contribution in [3.05, 3.63) is 0 Å². The lowest BCUT2D eigenvalue weighted by atomic mass is 10.5. The van der Waals surface area contributed by atoms with Gasteiger partial charge in [0.15, 0.2) is 5.29 Å². The standard InChI is InChI=1S/C5H7Cl2N3/c1-3-8-4(6)10-5(2,7)9-3/h1-2H3,(H,8,9,10). The van der Waals surface area contributed by atoms with Crippen LogP contribution in [0.2, 0.25) is 0 Å². The molecule has 5 heteroatoms. The summed E-state index contributed by atoms with van der Waals surface area (Å²) in [7, 11) is 0. The largest absolute Gasteiger partial charge is 0.324 e. The molecule has 0 aromatic carbocycles. The maximum Gasteiger partial charge on any atom is 0.206 e.